The Hall–Kier alpha value is -1.44. The third-order valence-corrected chi connectivity index (χ3v) is 3.58. The highest BCUT2D eigenvalue weighted by molar-refractivity contribution is 7.10. The van der Waals surface area contributed by atoms with Crippen LogP contribution in [0.2, 0.25) is 0 Å². The summed E-state index contributed by atoms with van der Waals surface area (Å²) in [4.78, 5) is 23.5. The number of aryl methyl sites for hydroxylation is 1. The van der Waals surface area contributed by atoms with Crippen LogP contribution >= 0.6 is 11.3 Å². The van der Waals surface area contributed by atoms with Crippen LogP contribution in [0.1, 0.15) is 16.5 Å². The van der Waals surface area contributed by atoms with Gasteiger partial charge in [0.1, 0.15) is 6.10 Å². The highest BCUT2D eigenvalue weighted by Gasteiger charge is 2.16. The molecular weight excluding hydrogens is 268 g/mol. The van der Waals surface area contributed by atoms with Gasteiger partial charge in [-0.2, -0.15) is 0 Å². The lowest BCUT2D eigenvalue weighted by Gasteiger charge is -2.11. The van der Waals surface area contributed by atoms with Crippen molar-refractivity contribution >= 4 is 23.2 Å². The number of aliphatic hydroxyl groups excluding tert-OH is 1. The second kappa shape index (κ2) is 7.88. The number of rotatable bonds is 6. The smallest absolute Gasteiger partial charge is 0.309 e. The number of hydrogen-bond acceptors (Lipinski definition) is 5. The van der Waals surface area contributed by atoms with Gasteiger partial charge in [-0.3, -0.25) is 9.59 Å². The first-order valence-corrected chi connectivity index (χ1v) is 6.71. The summed E-state index contributed by atoms with van der Waals surface area (Å²) in [6.45, 7) is 2.51. The molecular formula is C12H18N2O4S. The summed E-state index contributed by atoms with van der Waals surface area (Å²) in [6, 6.07) is 1.89. The van der Waals surface area contributed by atoms with Crippen LogP contribution in [0, 0.1) is 6.92 Å². The normalized spacial score (nSPS) is 11.9. The van der Waals surface area contributed by atoms with Crippen molar-refractivity contribution in [3.8, 4) is 0 Å². The van der Waals surface area contributed by atoms with E-state index in [0.29, 0.717) is 6.61 Å². The number of nitrogens with one attached hydrogen (secondary N) is 2. The molecule has 0 saturated heterocycles. The zero-order valence-electron chi connectivity index (χ0n) is 10.9. The van der Waals surface area contributed by atoms with Gasteiger partial charge >= 0.3 is 11.8 Å². The Bertz CT molecular complexity index is 433. The van der Waals surface area contributed by atoms with E-state index in [2.05, 4.69) is 10.6 Å². The van der Waals surface area contributed by atoms with Crippen LogP contribution < -0.4 is 10.6 Å². The van der Waals surface area contributed by atoms with E-state index < -0.39 is 17.9 Å². The first-order valence-electron chi connectivity index (χ1n) is 5.83. The Morgan fingerprint density at radius 3 is 2.68 bits per heavy atom. The third-order valence-electron chi connectivity index (χ3n) is 2.46. The predicted molar refractivity (Wildman–Crippen MR) is 71.9 cm³/mol. The summed E-state index contributed by atoms with van der Waals surface area (Å²) >= 11 is 1.42. The largest absolute Gasteiger partial charge is 0.386 e. The average Bonchev–Trinajstić information content (AvgIpc) is 2.82. The minimum atomic E-state index is -0.796. The van der Waals surface area contributed by atoms with E-state index in [9.17, 15) is 14.7 Å². The molecule has 1 atom stereocenters. The molecule has 1 aromatic heterocycles. The maximum absolute atomic E-state index is 11.4. The van der Waals surface area contributed by atoms with Crippen LogP contribution in [0.25, 0.3) is 0 Å². The van der Waals surface area contributed by atoms with E-state index in [1.165, 1.54) is 18.4 Å². The summed E-state index contributed by atoms with van der Waals surface area (Å²) < 4.78 is 4.75. The van der Waals surface area contributed by atoms with E-state index in [1.807, 2.05) is 18.4 Å². The van der Waals surface area contributed by atoms with Crippen LogP contribution in [0.3, 0.4) is 0 Å². The van der Waals surface area contributed by atoms with Crippen molar-refractivity contribution in [2.75, 3.05) is 26.8 Å². The van der Waals surface area contributed by atoms with Gasteiger partial charge in [0, 0.05) is 25.1 Å². The number of thiophene rings is 1. The molecule has 1 heterocycles. The van der Waals surface area contributed by atoms with Gasteiger partial charge in [0.2, 0.25) is 0 Å². The van der Waals surface area contributed by atoms with Crippen molar-refractivity contribution in [1.29, 1.82) is 0 Å². The van der Waals surface area contributed by atoms with Gasteiger partial charge < -0.3 is 20.5 Å². The molecule has 0 aromatic carbocycles. The molecule has 0 spiro atoms. The number of amides is 2. The number of aliphatic hydroxyl groups is 1. The van der Waals surface area contributed by atoms with Crippen LogP contribution in [0.15, 0.2) is 11.4 Å². The molecule has 0 radical (unpaired) electrons. The maximum atomic E-state index is 11.4. The van der Waals surface area contributed by atoms with E-state index in [0.717, 1.165) is 10.4 Å². The van der Waals surface area contributed by atoms with Gasteiger partial charge in [0.25, 0.3) is 0 Å². The minimum absolute atomic E-state index is 0.0118. The van der Waals surface area contributed by atoms with E-state index >= 15 is 0 Å². The fourth-order valence-corrected chi connectivity index (χ4v) is 2.35. The fraction of sp³-hybridized carbons (Fsp3) is 0.500. The van der Waals surface area contributed by atoms with Crippen molar-refractivity contribution in [3.63, 3.8) is 0 Å². The molecule has 0 saturated carbocycles. The molecule has 6 nitrogen and oxygen atoms in total. The van der Waals surface area contributed by atoms with Crippen molar-refractivity contribution in [3.05, 3.63) is 21.9 Å². The second-order valence-electron chi connectivity index (χ2n) is 3.94. The first-order chi connectivity index (χ1) is 9.06. The van der Waals surface area contributed by atoms with Crippen molar-refractivity contribution in [2.24, 2.45) is 0 Å². The van der Waals surface area contributed by atoms with Crippen molar-refractivity contribution < 1.29 is 19.4 Å². The molecule has 7 heteroatoms. The standard InChI is InChI=1S/C12H18N2O4S/c1-8-3-6-19-10(8)9(15)7-14-12(17)11(16)13-4-5-18-2/h3,6,9,15H,4-5,7H2,1-2H3,(H,13,16)(H,14,17). The second-order valence-corrected chi connectivity index (χ2v) is 4.89. The molecule has 106 valence electrons. The van der Waals surface area contributed by atoms with Crippen molar-refractivity contribution in [2.45, 2.75) is 13.0 Å². The van der Waals surface area contributed by atoms with Gasteiger partial charge in [-0.15, -0.1) is 11.3 Å². The number of carbonyl (C=O) groups is 2. The Kier molecular flexibility index (Phi) is 6.48. The summed E-state index contributed by atoms with van der Waals surface area (Å²) in [7, 11) is 1.51. The lowest BCUT2D eigenvalue weighted by Crippen LogP contribution is -2.42. The van der Waals surface area contributed by atoms with Gasteiger partial charge in [-0.1, -0.05) is 0 Å². The summed E-state index contributed by atoms with van der Waals surface area (Å²) in [6.07, 6.45) is -0.796. The molecule has 3 N–H and O–H groups in total. The zero-order valence-corrected chi connectivity index (χ0v) is 11.8. The number of hydrogen-bond donors (Lipinski definition) is 3. The Morgan fingerprint density at radius 2 is 2.11 bits per heavy atom. The lowest BCUT2D eigenvalue weighted by molar-refractivity contribution is -0.139. The number of methoxy groups -OCH3 is 1. The SMILES string of the molecule is COCCNC(=O)C(=O)NCC(O)c1sccc1C. The van der Waals surface area contributed by atoms with Crippen LogP contribution in [-0.2, 0) is 14.3 Å². The number of ether oxygens (including phenoxy) is 1. The number of carbonyl (C=O) groups excluding carboxylic acids is 2. The molecule has 0 aliphatic heterocycles. The summed E-state index contributed by atoms with van der Waals surface area (Å²) in [5, 5.41) is 16.5. The van der Waals surface area contributed by atoms with Gasteiger partial charge in [-0.25, -0.2) is 0 Å². The maximum Gasteiger partial charge on any atom is 0.309 e. The van der Waals surface area contributed by atoms with Crippen LogP contribution in [0.5, 0.6) is 0 Å². The predicted octanol–water partition coefficient (Wildman–Crippen LogP) is -0.0313. The topological polar surface area (TPSA) is 87.7 Å². The quantitative estimate of drug-likeness (QED) is 0.506. The van der Waals surface area contributed by atoms with Crippen LogP contribution in [-0.4, -0.2) is 43.7 Å². The summed E-state index contributed by atoms with van der Waals surface area (Å²) in [5.74, 6) is -1.49. The summed E-state index contributed by atoms with van der Waals surface area (Å²) in [5.41, 5.74) is 0.969. The van der Waals surface area contributed by atoms with E-state index in [1.54, 1.807) is 0 Å². The molecule has 0 fully saturated rings. The monoisotopic (exact) mass is 286 g/mol. The molecule has 2 amide bonds. The van der Waals surface area contributed by atoms with Crippen LogP contribution in [0.4, 0.5) is 0 Å². The van der Waals surface area contributed by atoms with Gasteiger partial charge in [0.15, 0.2) is 0 Å². The molecule has 19 heavy (non-hydrogen) atoms. The molecule has 0 bridgehead atoms. The molecule has 0 aliphatic carbocycles. The lowest BCUT2D eigenvalue weighted by atomic mass is 10.2. The van der Waals surface area contributed by atoms with E-state index in [4.69, 9.17) is 4.74 Å². The van der Waals surface area contributed by atoms with Crippen molar-refractivity contribution in [1.82, 2.24) is 10.6 Å². The third kappa shape index (κ3) is 4.98. The van der Waals surface area contributed by atoms with Gasteiger partial charge in [0.05, 0.1) is 6.61 Å². The average molecular weight is 286 g/mol. The highest BCUT2D eigenvalue weighted by Crippen LogP contribution is 2.22. The molecule has 1 aromatic rings. The van der Waals surface area contributed by atoms with Gasteiger partial charge in [-0.05, 0) is 23.9 Å². The minimum Gasteiger partial charge on any atom is -0.386 e. The van der Waals surface area contributed by atoms with E-state index in [-0.39, 0.29) is 13.1 Å². The highest BCUT2D eigenvalue weighted by atomic mass is 32.1. The Labute approximate surface area is 115 Å². The zero-order chi connectivity index (χ0) is 14.3. The fourth-order valence-electron chi connectivity index (χ4n) is 1.44. The molecule has 1 rings (SSSR count). The first kappa shape index (κ1) is 15.6. The molecule has 0 aliphatic rings. The Balaban J connectivity index is 2.34. The Morgan fingerprint density at radius 1 is 1.42 bits per heavy atom. The molecule has 1 unspecified atom stereocenters.